The number of halogens is 1. The van der Waals surface area contributed by atoms with Gasteiger partial charge in [-0.3, -0.25) is 0 Å². The molecule has 0 aliphatic heterocycles. The molecule has 1 N–H and O–H groups in total. The van der Waals surface area contributed by atoms with Crippen LogP contribution in [-0.2, 0) is 0 Å². The van der Waals surface area contributed by atoms with E-state index in [4.69, 9.17) is 0 Å². The summed E-state index contributed by atoms with van der Waals surface area (Å²) in [6.07, 6.45) is 3.13. The summed E-state index contributed by atoms with van der Waals surface area (Å²) in [5.74, 6) is -0.0509. The van der Waals surface area contributed by atoms with Crippen LogP contribution in [0, 0.1) is 18.2 Å². The predicted molar refractivity (Wildman–Crippen MR) is 80.9 cm³/mol. The second kappa shape index (κ2) is 7.04. The quantitative estimate of drug-likeness (QED) is 0.763. The summed E-state index contributed by atoms with van der Waals surface area (Å²) >= 11 is 0. The molecule has 0 saturated carbocycles. The van der Waals surface area contributed by atoms with Crippen molar-refractivity contribution in [3.05, 3.63) is 35.1 Å². The van der Waals surface area contributed by atoms with Crippen molar-refractivity contribution in [2.75, 3.05) is 6.54 Å². The number of hydrogen-bond acceptors (Lipinski definition) is 1. The van der Waals surface area contributed by atoms with Gasteiger partial charge in [-0.2, -0.15) is 0 Å². The van der Waals surface area contributed by atoms with Gasteiger partial charge >= 0.3 is 0 Å². The molecule has 0 heterocycles. The zero-order valence-corrected chi connectivity index (χ0v) is 13.0. The Balaban J connectivity index is 2.86. The lowest BCUT2D eigenvalue weighted by Gasteiger charge is -2.25. The third-order valence-corrected chi connectivity index (χ3v) is 3.42. The average molecular weight is 265 g/mol. The Morgan fingerprint density at radius 1 is 1.26 bits per heavy atom. The highest BCUT2D eigenvalue weighted by molar-refractivity contribution is 5.27. The smallest absolute Gasteiger partial charge is 0.130 e. The van der Waals surface area contributed by atoms with Crippen LogP contribution >= 0.6 is 0 Å². The highest BCUT2D eigenvalue weighted by Gasteiger charge is 2.19. The van der Waals surface area contributed by atoms with Gasteiger partial charge in [-0.1, -0.05) is 45.9 Å². The van der Waals surface area contributed by atoms with E-state index in [0.717, 1.165) is 36.9 Å². The summed E-state index contributed by atoms with van der Waals surface area (Å²) in [5, 5.41) is 3.49. The van der Waals surface area contributed by atoms with E-state index in [0.29, 0.717) is 0 Å². The third-order valence-electron chi connectivity index (χ3n) is 3.42. The lowest BCUT2D eigenvalue weighted by Crippen LogP contribution is -2.24. The van der Waals surface area contributed by atoms with Gasteiger partial charge in [0.05, 0.1) is 0 Å². The molecule has 0 aromatic heterocycles. The van der Waals surface area contributed by atoms with Gasteiger partial charge in [0.25, 0.3) is 0 Å². The summed E-state index contributed by atoms with van der Waals surface area (Å²) in [6.45, 7) is 11.6. The van der Waals surface area contributed by atoms with Crippen molar-refractivity contribution in [1.29, 1.82) is 0 Å². The van der Waals surface area contributed by atoms with Crippen molar-refractivity contribution in [2.45, 2.75) is 59.9 Å². The Bertz CT molecular complexity index is 393. The minimum absolute atomic E-state index is 0.0509. The van der Waals surface area contributed by atoms with Gasteiger partial charge in [0, 0.05) is 11.6 Å². The zero-order valence-electron chi connectivity index (χ0n) is 13.0. The molecular weight excluding hydrogens is 237 g/mol. The molecule has 0 amide bonds. The highest BCUT2D eigenvalue weighted by atomic mass is 19.1. The Labute approximate surface area is 117 Å². The topological polar surface area (TPSA) is 12.0 Å². The van der Waals surface area contributed by atoms with Gasteiger partial charge in [-0.25, -0.2) is 4.39 Å². The first-order valence-corrected chi connectivity index (χ1v) is 7.33. The van der Waals surface area contributed by atoms with Crippen molar-refractivity contribution in [3.8, 4) is 0 Å². The van der Waals surface area contributed by atoms with Gasteiger partial charge in [-0.05, 0) is 43.7 Å². The largest absolute Gasteiger partial charge is 0.310 e. The molecule has 1 unspecified atom stereocenters. The first-order valence-electron chi connectivity index (χ1n) is 7.33. The molecule has 1 aromatic rings. The van der Waals surface area contributed by atoms with Crippen LogP contribution in [0.5, 0.6) is 0 Å². The Morgan fingerprint density at radius 2 is 1.95 bits per heavy atom. The molecule has 0 saturated heterocycles. The predicted octanol–water partition coefficient (Wildman–Crippen LogP) is 5.00. The van der Waals surface area contributed by atoms with Crippen LogP contribution in [0.3, 0.4) is 0 Å². The summed E-state index contributed by atoms with van der Waals surface area (Å²) in [6, 6.07) is 5.82. The lowest BCUT2D eigenvalue weighted by atomic mass is 9.87. The van der Waals surface area contributed by atoms with E-state index >= 15 is 0 Å². The fraction of sp³-hybridized carbons (Fsp3) is 0.647. The van der Waals surface area contributed by atoms with Crippen LogP contribution in [0.1, 0.15) is 64.1 Å². The van der Waals surface area contributed by atoms with E-state index in [1.165, 1.54) is 0 Å². The maximum Gasteiger partial charge on any atom is 0.130 e. The average Bonchev–Trinajstić information content (AvgIpc) is 2.32. The van der Waals surface area contributed by atoms with Crippen LogP contribution in [-0.4, -0.2) is 6.54 Å². The Morgan fingerprint density at radius 3 is 2.53 bits per heavy atom. The summed E-state index contributed by atoms with van der Waals surface area (Å²) < 4.78 is 14.3. The molecule has 1 aromatic carbocycles. The Hall–Kier alpha value is -0.890. The van der Waals surface area contributed by atoms with Crippen LogP contribution in [0.2, 0.25) is 0 Å². The molecule has 0 bridgehead atoms. The van der Waals surface area contributed by atoms with Crippen molar-refractivity contribution in [1.82, 2.24) is 5.32 Å². The normalized spacial score (nSPS) is 13.6. The minimum atomic E-state index is -0.0509. The van der Waals surface area contributed by atoms with E-state index in [1.54, 1.807) is 0 Å². The van der Waals surface area contributed by atoms with Gasteiger partial charge in [-0.15, -0.1) is 0 Å². The zero-order chi connectivity index (χ0) is 14.5. The molecule has 1 nitrogen and oxygen atoms in total. The van der Waals surface area contributed by atoms with E-state index in [9.17, 15) is 4.39 Å². The monoisotopic (exact) mass is 265 g/mol. The molecule has 0 aliphatic rings. The maximum absolute atomic E-state index is 14.3. The third kappa shape index (κ3) is 5.32. The number of nitrogens with one attached hydrogen (secondary N) is 1. The summed E-state index contributed by atoms with van der Waals surface area (Å²) in [5.41, 5.74) is 1.83. The second-order valence-corrected chi connectivity index (χ2v) is 6.58. The molecule has 0 aliphatic carbocycles. The SMILES string of the molecule is CCCNC(CCC(C)(C)C)c1cccc(C)c1F. The Kier molecular flexibility index (Phi) is 5.99. The minimum Gasteiger partial charge on any atom is -0.310 e. The molecule has 108 valence electrons. The molecule has 1 rings (SSSR count). The van der Waals surface area contributed by atoms with Gasteiger partial charge in [0.15, 0.2) is 0 Å². The van der Waals surface area contributed by atoms with E-state index < -0.39 is 0 Å². The molecule has 0 spiro atoms. The molecular formula is C17H28FN. The molecule has 0 fully saturated rings. The van der Waals surface area contributed by atoms with Gasteiger partial charge < -0.3 is 5.32 Å². The number of rotatable bonds is 6. The first-order chi connectivity index (χ1) is 8.85. The second-order valence-electron chi connectivity index (χ2n) is 6.58. The fourth-order valence-electron chi connectivity index (χ4n) is 2.20. The highest BCUT2D eigenvalue weighted by Crippen LogP contribution is 2.29. The maximum atomic E-state index is 14.3. The van der Waals surface area contributed by atoms with E-state index in [2.05, 4.69) is 33.0 Å². The van der Waals surface area contributed by atoms with Crippen LogP contribution in [0.15, 0.2) is 18.2 Å². The number of aryl methyl sites for hydroxylation is 1. The van der Waals surface area contributed by atoms with Crippen LogP contribution in [0.4, 0.5) is 4.39 Å². The van der Waals surface area contributed by atoms with E-state index in [-0.39, 0.29) is 17.3 Å². The molecule has 19 heavy (non-hydrogen) atoms. The van der Waals surface area contributed by atoms with Gasteiger partial charge in [0.2, 0.25) is 0 Å². The van der Waals surface area contributed by atoms with Crippen molar-refractivity contribution >= 4 is 0 Å². The van der Waals surface area contributed by atoms with Crippen LogP contribution in [0.25, 0.3) is 0 Å². The lowest BCUT2D eigenvalue weighted by molar-refractivity contribution is 0.328. The number of hydrogen-bond donors (Lipinski definition) is 1. The first kappa shape index (κ1) is 16.2. The number of benzene rings is 1. The molecule has 1 atom stereocenters. The van der Waals surface area contributed by atoms with Crippen LogP contribution < -0.4 is 5.32 Å². The fourth-order valence-corrected chi connectivity index (χ4v) is 2.20. The molecule has 0 radical (unpaired) electrons. The summed E-state index contributed by atoms with van der Waals surface area (Å²) in [4.78, 5) is 0. The van der Waals surface area contributed by atoms with Gasteiger partial charge in [0.1, 0.15) is 5.82 Å². The van der Waals surface area contributed by atoms with Crippen molar-refractivity contribution < 1.29 is 4.39 Å². The standard InChI is InChI=1S/C17H28FN/c1-6-12-19-15(10-11-17(3,4)5)14-9-7-8-13(2)16(14)18/h7-9,15,19H,6,10-12H2,1-5H3. The van der Waals surface area contributed by atoms with Crippen molar-refractivity contribution in [2.24, 2.45) is 5.41 Å². The summed E-state index contributed by atoms with van der Waals surface area (Å²) in [7, 11) is 0. The van der Waals surface area contributed by atoms with Crippen molar-refractivity contribution in [3.63, 3.8) is 0 Å². The molecule has 2 heteroatoms. The van der Waals surface area contributed by atoms with E-state index in [1.807, 2.05) is 25.1 Å².